The van der Waals surface area contributed by atoms with Crippen LogP contribution in [0.5, 0.6) is 0 Å². The monoisotopic (exact) mass is 597 g/mol. The second-order valence-electron chi connectivity index (χ2n) is 11.3. The second kappa shape index (κ2) is 11.5. The third kappa shape index (κ3) is 5.99. The van der Waals surface area contributed by atoms with Crippen LogP contribution in [-0.2, 0) is 19.8 Å². The molecule has 3 aromatic rings. The van der Waals surface area contributed by atoms with Crippen molar-refractivity contribution in [1.29, 1.82) is 0 Å². The van der Waals surface area contributed by atoms with Crippen LogP contribution in [0.25, 0.3) is 5.69 Å². The summed E-state index contributed by atoms with van der Waals surface area (Å²) in [5.41, 5.74) is 2.69. The van der Waals surface area contributed by atoms with Crippen LogP contribution < -0.4 is 4.90 Å². The number of amides is 3. The van der Waals surface area contributed by atoms with Crippen molar-refractivity contribution in [1.82, 2.24) is 19.6 Å². The summed E-state index contributed by atoms with van der Waals surface area (Å²) < 4.78 is 15.6. The Morgan fingerprint density at radius 1 is 1.05 bits per heavy atom. The maximum atomic E-state index is 13.9. The number of carbonyl (C=O) groups excluding carboxylic acids is 3. The van der Waals surface area contributed by atoms with Gasteiger partial charge in [0.2, 0.25) is 17.7 Å². The number of benzene rings is 2. The number of fused-ring (bicyclic) bond motifs is 1. The summed E-state index contributed by atoms with van der Waals surface area (Å²) in [6.45, 7) is 9.22. The fraction of sp³-hybridized carbons (Fsp3) is 0.400. The standard InChI is InChI=1S/C30H33ClFN5O3S/c1-19(38)34-12-14-35(15-13-34)24(39)17-36-25(40)18-41-27(20-6-5-7-21(31)16-20)26-28(30(2,3)4)33-37(29(26)36)23-10-8-22(32)9-11-23/h5-11,16,27H,12-15,17-18H2,1-4H3. The Bertz CT molecular complexity index is 1480. The fourth-order valence-corrected chi connectivity index (χ4v) is 6.66. The van der Waals surface area contributed by atoms with Gasteiger partial charge in [-0.15, -0.1) is 11.8 Å². The van der Waals surface area contributed by atoms with Gasteiger partial charge in [0, 0.05) is 49.1 Å². The third-order valence-corrected chi connectivity index (χ3v) is 8.88. The van der Waals surface area contributed by atoms with Gasteiger partial charge in [0.15, 0.2) is 0 Å². The highest BCUT2D eigenvalue weighted by atomic mass is 35.5. The SMILES string of the molecule is CC(=O)N1CCN(C(=O)CN2C(=O)CSC(c3cccc(Cl)c3)c3c(C(C)(C)C)nn(-c4ccc(F)cc4)c32)CC1. The maximum Gasteiger partial charge on any atom is 0.242 e. The van der Waals surface area contributed by atoms with Gasteiger partial charge in [-0.1, -0.05) is 44.5 Å². The molecule has 1 atom stereocenters. The highest BCUT2D eigenvalue weighted by molar-refractivity contribution is 8.00. The Morgan fingerprint density at radius 2 is 1.71 bits per heavy atom. The number of aromatic nitrogens is 2. The minimum Gasteiger partial charge on any atom is -0.339 e. The van der Waals surface area contributed by atoms with Gasteiger partial charge in [-0.05, 0) is 42.0 Å². The van der Waals surface area contributed by atoms with Gasteiger partial charge >= 0.3 is 0 Å². The molecule has 2 aromatic carbocycles. The van der Waals surface area contributed by atoms with Crippen LogP contribution in [0.1, 0.15) is 49.8 Å². The zero-order valence-corrected chi connectivity index (χ0v) is 25.1. The first-order chi connectivity index (χ1) is 19.4. The molecule has 0 saturated carbocycles. The molecule has 1 unspecified atom stereocenters. The summed E-state index contributed by atoms with van der Waals surface area (Å²) in [6, 6.07) is 13.5. The molecule has 41 heavy (non-hydrogen) atoms. The van der Waals surface area contributed by atoms with E-state index in [-0.39, 0.29) is 41.1 Å². The van der Waals surface area contributed by atoms with E-state index in [0.29, 0.717) is 42.7 Å². The number of rotatable bonds is 4. The van der Waals surface area contributed by atoms with Gasteiger partial charge in [0.05, 0.1) is 22.4 Å². The molecule has 3 heterocycles. The number of piperazine rings is 1. The van der Waals surface area contributed by atoms with E-state index in [1.165, 1.54) is 35.7 Å². The van der Waals surface area contributed by atoms with E-state index in [0.717, 1.165) is 16.8 Å². The molecule has 216 valence electrons. The van der Waals surface area contributed by atoms with Gasteiger partial charge < -0.3 is 9.80 Å². The molecule has 1 aromatic heterocycles. The first-order valence-corrected chi connectivity index (χ1v) is 15.0. The van der Waals surface area contributed by atoms with E-state index in [2.05, 4.69) is 20.8 Å². The minimum absolute atomic E-state index is 0.0218. The molecule has 1 fully saturated rings. The highest BCUT2D eigenvalue weighted by Gasteiger charge is 2.40. The normalized spacial score (nSPS) is 17.9. The van der Waals surface area contributed by atoms with Crippen molar-refractivity contribution in [2.24, 2.45) is 0 Å². The Kier molecular flexibility index (Phi) is 8.16. The zero-order chi connectivity index (χ0) is 29.5. The number of nitrogens with zero attached hydrogens (tertiary/aromatic N) is 5. The van der Waals surface area contributed by atoms with Crippen LogP contribution in [0.4, 0.5) is 10.2 Å². The lowest BCUT2D eigenvalue weighted by molar-refractivity contribution is -0.137. The summed E-state index contributed by atoms with van der Waals surface area (Å²) in [6.07, 6.45) is 0. The van der Waals surface area contributed by atoms with Gasteiger partial charge in [-0.25, -0.2) is 9.07 Å². The molecule has 0 bridgehead atoms. The molecule has 11 heteroatoms. The minimum atomic E-state index is -0.418. The number of carbonyl (C=O) groups is 3. The number of halogens is 2. The number of hydrogen-bond donors (Lipinski definition) is 0. The third-order valence-electron chi connectivity index (χ3n) is 7.39. The molecular weight excluding hydrogens is 565 g/mol. The maximum absolute atomic E-state index is 13.9. The first-order valence-electron chi connectivity index (χ1n) is 13.5. The lowest BCUT2D eigenvalue weighted by Crippen LogP contribution is -2.53. The molecule has 1 saturated heterocycles. The Morgan fingerprint density at radius 3 is 2.32 bits per heavy atom. The van der Waals surface area contributed by atoms with Gasteiger partial charge in [-0.2, -0.15) is 5.10 Å². The molecule has 0 aliphatic carbocycles. The smallest absolute Gasteiger partial charge is 0.242 e. The molecule has 8 nitrogen and oxygen atoms in total. The van der Waals surface area contributed by atoms with Crippen molar-refractivity contribution in [2.75, 3.05) is 43.4 Å². The topological polar surface area (TPSA) is 78.8 Å². The van der Waals surface area contributed by atoms with E-state index in [1.807, 2.05) is 24.3 Å². The lowest BCUT2D eigenvalue weighted by atomic mass is 9.87. The van der Waals surface area contributed by atoms with Crippen LogP contribution in [-0.4, -0.2) is 75.8 Å². The van der Waals surface area contributed by atoms with Gasteiger partial charge in [0.1, 0.15) is 18.2 Å². The quantitative estimate of drug-likeness (QED) is 0.431. The van der Waals surface area contributed by atoms with Crippen LogP contribution >= 0.6 is 23.4 Å². The van der Waals surface area contributed by atoms with Crippen LogP contribution in [0, 0.1) is 5.82 Å². The van der Waals surface area contributed by atoms with E-state index < -0.39 is 5.41 Å². The van der Waals surface area contributed by atoms with Gasteiger partial charge in [0.25, 0.3) is 0 Å². The van der Waals surface area contributed by atoms with E-state index in [1.54, 1.807) is 26.6 Å². The van der Waals surface area contributed by atoms with Crippen LogP contribution in [0.2, 0.25) is 5.02 Å². The van der Waals surface area contributed by atoms with E-state index in [4.69, 9.17) is 16.7 Å². The molecular formula is C30H33ClFN5O3S. The number of hydrogen-bond acceptors (Lipinski definition) is 5. The first kappa shape index (κ1) is 29.1. The van der Waals surface area contributed by atoms with E-state index >= 15 is 0 Å². The average molecular weight is 598 g/mol. The average Bonchev–Trinajstić information content (AvgIpc) is 3.26. The van der Waals surface area contributed by atoms with E-state index in [9.17, 15) is 18.8 Å². The Hall–Kier alpha value is -3.37. The molecule has 2 aliphatic heterocycles. The molecule has 0 radical (unpaired) electrons. The summed E-state index contributed by atoms with van der Waals surface area (Å²) in [7, 11) is 0. The molecule has 2 aliphatic rings. The number of anilines is 1. The van der Waals surface area contributed by atoms with Crippen LogP contribution in [0.3, 0.4) is 0 Å². The summed E-state index contributed by atoms with van der Waals surface area (Å²) in [5, 5.41) is 5.32. The van der Waals surface area contributed by atoms with Crippen molar-refractivity contribution in [3.63, 3.8) is 0 Å². The largest absolute Gasteiger partial charge is 0.339 e. The van der Waals surface area contributed by atoms with Crippen molar-refractivity contribution >= 4 is 46.9 Å². The molecule has 3 amide bonds. The molecule has 0 spiro atoms. The van der Waals surface area contributed by atoms with Crippen molar-refractivity contribution in [3.05, 3.63) is 76.2 Å². The predicted molar refractivity (Wildman–Crippen MR) is 159 cm³/mol. The van der Waals surface area contributed by atoms with Crippen molar-refractivity contribution in [2.45, 2.75) is 38.4 Å². The fourth-order valence-electron chi connectivity index (χ4n) is 5.27. The van der Waals surface area contributed by atoms with Gasteiger partial charge in [-0.3, -0.25) is 19.3 Å². The lowest BCUT2D eigenvalue weighted by Gasteiger charge is -2.35. The van der Waals surface area contributed by atoms with Crippen molar-refractivity contribution < 1.29 is 18.8 Å². The van der Waals surface area contributed by atoms with Crippen LogP contribution in [0.15, 0.2) is 48.5 Å². The number of thioether (sulfide) groups is 1. The zero-order valence-electron chi connectivity index (χ0n) is 23.6. The predicted octanol–water partition coefficient (Wildman–Crippen LogP) is 4.82. The Labute approximate surface area is 248 Å². The summed E-state index contributed by atoms with van der Waals surface area (Å²) in [4.78, 5) is 44.2. The van der Waals surface area contributed by atoms with Crippen molar-refractivity contribution in [3.8, 4) is 5.69 Å². The summed E-state index contributed by atoms with van der Waals surface area (Å²) >= 11 is 7.88. The molecule has 0 N–H and O–H groups in total. The molecule has 5 rings (SSSR count). The second-order valence-corrected chi connectivity index (χ2v) is 12.9. The highest BCUT2D eigenvalue weighted by Crippen LogP contribution is 2.48. The Balaban J connectivity index is 1.65. The summed E-state index contributed by atoms with van der Waals surface area (Å²) in [5.74, 6) is -0.195.